The van der Waals surface area contributed by atoms with Crippen molar-refractivity contribution in [3.63, 3.8) is 0 Å². The van der Waals surface area contributed by atoms with Crippen LogP contribution in [0, 0.1) is 0 Å². The van der Waals surface area contributed by atoms with E-state index in [4.69, 9.17) is 0 Å². The van der Waals surface area contributed by atoms with Crippen molar-refractivity contribution in [2.45, 2.75) is 33.7 Å². The Morgan fingerprint density at radius 3 is 2.48 bits per heavy atom. The Kier molecular flexibility index (Phi) is 12.0. The Balaban J connectivity index is 0.00000400. The second-order valence-corrected chi connectivity index (χ2v) is 5.99. The molecule has 1 aromatic heterocycles. The van der Waals surface area contributed by atoms with Crippen LogP contribution in [0.4, 0.5) is 0 Å². The van der Waals surface area contributed by atoms with E-state index < -0.39 is 0 Å². The van der Waals surface area contributed by atoms with Gasteiger partial charge in [-0.05, 0) is 39.1 Å². The molecule has 0 spiro atoms. The van der Waals surface area contributed by atoms with Crippen LogP contribution in [0.2, 0.25) is 0 Å². The second kappa shape index (κ2) is 12.2. The Labute approximate surface area is 150 Å². The zero-order valence-electron chi connectivity index (χ0n) is 13.6. The van der Waals surface area contributed by atoms with Gasteiger partial charge in [-0.15, -0.1) is 35.3 Å². The van der Waals surface area contributed by atoms with Crippen LogP contribution in [0.25, 0.3) is 0 Å². The number of thiophene rings is 1. The van der Waals surface area contributed by atoms with Crippen LogP contribution in [0.15, 0.2) is 17.1 Å². The topological polar surface area (TPSA) is 39.7 Å². The van der Waals surface area contributed by atoms with Crippen LogP contribution in [0.3, 0.4) is 0 Å². The molecule has 6 heteroatoms. The number of nitrogens with one attached hydrogen (secondary N) is 2. The number of guanidine groups is 1. The molecule has 4 nitrogen and oxygen atoms in total. The number of halogens is 1. The predicted molar refractivity (Wildman–Crippen MR) is 105 cm³/mol. The molecular weight excluding hydrogens is 395 g/mol. The van der Waals surface area contributed by atoms with E-state index in [1.54, 1.807) is 0 Å². The van der Waals surface area contributed by atoms with Gasteiger partial charge in [0.05, 0.1) is 6.54 Å². The van der Waals surface area contributed by atoms with Gasteiger partial charge in [0.2, 0.25) is 0 Å². The normalized spacial score (nSPS) is 11.4. The summed E-state index contributed by atoms with van der Waals surface area (Å²) in [5, 5.41) is 6.67. The number of hydrogen-bond donors (Lipinski definition) is 2. The lowest BCUT2D eigenvalue weighted by Crippen LogP contribution is -2.40. The summed E-state index contributed by atoms with van der Waals surface area (Å²) in [5.41, 5.74) is 0. The van der Waals surface area contributed by atoms with Crippen LogP contribution >= 0.6 is 35.3 Å². The van der Waals surface area contributed by atoms with Crippen LogP contribution in [-0.2, 0) is 13.0 Å². The fraction of sp³-hybridized carbons (Fsp3) is 0.667. The van der Waals surface area contributed by atoms with E-state index in [1.165, 1.54) is 9.75 Å². The lowest BCUT2D eigenvalue weighted by atomic mass is 10.4. The summed E-state index contributed by atoms with van der Waals surface area (Å²) in [7, 11) is 2.13. The van der Waals surface area contributed by atoms with E-state index in [0.29, 0.717) is 0 Å². The van der Waals surface area contributed by atoms with Gasteiger partial charge >= 0.3 is 0 Å². The predicted octanol–water partition coefficient (Wildman–Crippen LogP) is 2.94. The third-order valence-electron chi connectivity index (χ3n) is 3.13. The van der Waals surface area contributed by atoms with Crippen molar-refractivity contribution < 1.29 is 0 Å². The van der Waals surface area contributed by atoms with Gasteiger partial charge in [-0.25, -0.2) is 4.99 Å². The first-order valence-electron chi connectivity index (χ1n) is 7.47. The molecule has 0 aromatic carbocycles. The smallest absolute Gasteiger partial charge is 0.191 e. The summed E-state index contributed by atoms with van der Waals surface area (Å²) >= 11 is 1.85. The molecule has 0 radical (unpaired) electrons. The number of nitrogens with zero attached hydrogens (tertiary/aromatic N) is 2. The van der Waals surface area contributed by atoms with Crippen LogP contribution in [-0.4, -0.2) is 44.1 Å². The van der Waals surface area contributed by atoms with E-state index in [1.807, 2.05) is 11.3 Å². The largest absolute Gasteiger partial charge is 0.357 e. The van der Waals surface area contributed by atoms with Crippen molar-refractivity contribution in [3.05, 3.63) is 21.9 Å². The van der Waals surface area contributed by atoms with Crippen molar-refractivity contribution in [2.24, 2.45) is 4.99 Å². The molecule has 0 aliphatic heterocycles. The van der Waals surface area contributed by atoms with Gasteiger partial charge in [0.15, 0.2) is 5.96 Å². The highest BCUT2D eigenvalue weighted by atomic mass is 127. The summed E-state index contributed by atoms with van der Waals surface area (Å²) in [4.78, 5) is 9.67. The average Bonchev–Trinajstić information content (AvgIpc) is 2.92. The summed E-state index contributed by atoms with van der Waals surface area (Å²) in [6, 6.07) is 4.38. The number of hydrogen-bond acceptors (Lipinski definition) is 3. The standard InChI is InChI=1S/C15H28N4S.HI/c1-5-13-8-9-14(20-13)12-18-15(16-6-2)17-10-11-19(4)7-3;/h8-9H,5-7,10-12H2,1-4H3,(H2,16,17,18);1H. The molecule has 2 N–H and O–H groups in total. The van der Waals surface area contributed by atoms with Crippen LogP contribution < -0.4 is 10.6 Å². The molecule has 0 aliphatic rings. The summed E-state index contributed by atoms with van der Waals surface area (Å²) in [6.45, 7) is 11.1. The van der Waals surface area contributed by atoms with Crippen molar-refractivity contribution in [1.82, 2.24) is 15.5 Å². The highest BCUT2D eigenvalue weighted by Crippen LogP contribution is 2.17. The van der Waals surface area contributed by atoms with Crippen molar-refractivity contribution in [2.75, 3.05) is 33.2 Å². The SMILES string of the molecule is CCNC(=NCc1ccc(CC)s1)NCCN(C)CC.I. The molecule has 0 bridgehead atoms. The first-order chi connectivity index (χ1) is 9.69. The fourth-order valence-corrected chi connectivity index (χ4v) is 2.60. The molecule has 1 aromatic rings. The van der Waals surface area contributed by atoms with Gasteiger partial charge in [-0.2, -0.15) is 0 Å². The zero-order chi connectivity index (χ0) is 14.8. The molecule has 21 heavy (non-hydrogen) atoms. The van der Waals surface area contributed by atoms with Gasteiger partial charge in [0, 0.05) is 29.4 Å². The molecule has 0 unspecified atom stereocenters. The molecule has 122 valence electrons. The third kappa shape index (κ3) is 8.63. The monoisotopic (exact) mass is 424 g/mol. The van der Waals surface area contributed by atoms with E-state index in [-0.39, 0.29) is 24.0 Å². The zero-order valence-corrected chi connectivity index (χ0v) is 16.8. The van der Waals surface area contributed by atoms with Crippen LogP contribution in [0.5, 0.6) is 0 Å². The lowest BCUT2D eigenvalue weighted by Gasteiger charge is -2.16. The van der Waals surface area contributed by atoms with Gasteiger partial charge in [0.1, 0.15) is 0 Å². The Morgan fingerprint density at radius 1 is 1.19 bits per heavy atom. The van der Waals surface area contributed by atoms with Crippen molar-refractivity contribution >= 4 is 41.3 Å². The molecule has 1 heterocycles. The van der Waals surface area contributed by atoms with Gasteiger partial charge in [-0.3, -0.25) is 0 Å². The number of aliphatic imine (C=N–C) groups is 1. The first-order valence-corrected chi connectivity index (χ1v) is 8.29. The molecule has 0 aliphatic carbocycles. The average molecular weight is 424 g/mol. The fourth-order valence-electron chi connectivity index (χ4n) is 1.72. The summed E-state index contributed by atoms with van der Waals surface area (Å²) < 4.78 is 0. The molecule has 1 rings (SSSR count). The molecule has 0 amide bonds. The molecule has 0 atom stereocenters. The van der Waals surface area contributed by atoms with E-state index >= 15 is 0 Å². The number of aryl methyl sites for hydroxylation is 1. The van der Waals surface area contributed by atoms with Gasteiger partial charge in [-0.1, -0.05) is 13.8 Å². The maximum atomic E-state index is 4.64. The van der Waals surface area contributed by atoms with Gasteiger partial charge < -0.3 is 15.5 Å². The number of likely N-dealkylation sites (N-methyl/N-ethyl adjacent to an activating group) is 1. The molecular formula is C15H29IN4S. The second-order valence-electron chi connectivity index (χ2n) is 4.74. The third-order valence-corrected chi connectivity index (χ3v) is 4.34. The maximum Gasteiger partial charge on any atom is 0.191 e. The Bertz CT molecular complexity index is 406. The van der Waals surface area contributed by atoms with E-state index in [2.05, 4.69) is 60.5 Å². The molecule has 0 saturated heterocycles. The van der Waals surface area contributed by atoms with Gasteiger partial charge in [0.25, 0.3) is 0 Å². The van der Waals surface area contributed by atoms with Crippen molar-refractivity contribution in [3.8, 4) is 0 Å². The number of rotatable bonds is 8. The highest BCUT2D eigenvalue weighted by Gasteiger charge is 2.01. The Hall–Kier alpha value is -0.340. The Morgan fingerprint density at radius 2 is 1.90 bits per heavy atom. The van der Waals surface area contributed by atoms with E-state index in [9.17, 15) is 0 Å². The quantitative estimate of drug-likeness (QED) is 0.383. The molecule has 0 fully saturated rings. The van der Waals surface area contributed by atoms with Crippen molar-refractivity contribution in [1.29, 1.82) is 0 Å². The lowest BCUT2D eigenvalue weighted by molar-refractivity contribution is 0.357. The van der Waals surface area contributed by atoms with E-state index in [0.717, 1.165) is 45.1 Å². The molecule has 0 saturated carbocycles. The summed E-state index contributed by atoms with van der Waals surface area (Å²) in [6.07, 6.45) is 1.11. The van der Waals surface area contributed by atoms with Crippen LogP contribution in [0.1, 0.15) is 30.5 Å². The summed E-state index contributed by atoms with van der Waals surface area (Å²) in [5.74, 6) is 0.906. The highest BCUT2D eigenvalue weighted by molar-refractivity contribution is 14.0. The maximum absolute atomic E-state index is 4.64. The minimum atomic E-state index is 0. The minimum Gasteiger partial charge on any atom is -0.357 e. The first kappa shape index (κ1) is 20.7. The minimum absolute atomic E-state index is 0.